The van der Waals surface area contributed by atoms with Gasteiger partial charge in [0.25, 0.3) is 5.91 Å². The van der Waals surface area contributed by atoms with Crippen molar-refractivity contribution in [2.75, 3.05) is 25.0 Å². The zero-order valence-corrected chi connectivity index (χ0v) is 16.0. The van der Waals surface area contributed by atoms with Gasteiger partial charge in [-0.1, -0.05) is 45.0 Å². The Kier molecular flexibility index (Phi) is 5.05. The van der Waals surface area contributed by atoms with Crippen molar-refractivity contribution < 1.29 is 9.90 Å². The van der Waals surface area contributed by atoms with E-state index < -0.39 is 6.10 Å². The molecule has 1 aliphatic heterocycles. The second-order valence-electron chi connectivity index (χ2n) is 8.11. The van der Waals surface area contributed by atoms with Crippen LogP contribution in [0.2, 0.25) is 0 Å². The van der Waals surface area contributed by atoms with E-state index in [2.05, 4.69) is 38.0 Å². The Bertz CT molecular complexity index is 791. The number of rotatable bonds is 4. The molecule has 0 saturated heterocycles. The van der Waals surface area contributed by atoms with Crippen LogP contribution in [0.5, 0.6) is 0 Å². The molecule has 3 rings (SSSR count). The van der Waals surface area contributed by atoms with E-state index in [-0.39, 0.29) is 17.9 Å². The van der Waals surface area contributed by atoms with E-state index in [1.54, 1.807) is 0 Å². The highest BCUT2D eigenvalue weighted by Crippen LogP contribution is 2.29. The van der Waals surface area contributed by atoms with Gasteiger partial charge in [0.1, 0.15) is 0 Å². The molecule has 1 aliphatic rings. The van der Waals surface area contributed by atoms with E-state index in [9.17, 15) is 9.90 Å². The largest absolute Gasteiger partial charge is 0.387 e. The van der Waals surface area contributed by atoms with Gasteiger partial charge in [0, 0.05) is 31.4 Å². The lowest BCUT2D eigenvalue weighted by molar-refractivity contribution is 0.0916. The maximum atomic E-state index is 12.3. The number of carbonyl (C=O) groups is 1. The number of amides is 1. The van der Waals surface area contributed by atoms with Crippen LogP contribution >= 0.6 is 0 Å². The van der Waals surface area contributed by atoms with Crippen molar-refractivity contribution in [2.24, 2.45) is 0 Å². The number of nitrogens with one attached hydrogen (secondary N) is 1. The fraction of sp³-hybridized carbons (Fsp3) is 0.409. The second-order valence-corrected chi connectivity index (χ2v) is 8.11. The quantitative estimate of drug-likeness (QED) is 0.886. The van der Waals surface area contributed by atoms with Gasteiger partial charge < -0.3 is 15.3 Å². The Morgan fingerprint density at radius 1 is 1.19 bits per heavy atom. The van der Waals surface area contributed by atoms with Crippen LogP contribution < -0.4 is 10.2 Å². The van der Waals surface area contributed by atoms with Gasteiger partial charge in [-0.25, -0.2) is 0 Å². The van der Waals surface area contributed by atoms with Gasteiger partial charge in [-0.15, -0.1) is 0 Å². The maximum Gasteiger partial charge on any atom is 0.251 e. The molecule has 1 heterocycles. The first-order chi connectivity index (χ1) is 12.3. The number of hydrogen-bond donors (Lipinski definition) is 2. The third-order valence-corrected chi connectivity index (χ3v) is 5.09. The Labute approximate surface area is 155 Å². The summed E-state index contributed by atoms with van der Waals surface area (Å²) < 4.78 is 0. The predicted octanol–water partition coefficient (Wildman–Crippen LogP) is 3.44. The molecule has 1 amide bonds. The van der Waals surface area contributed by atoms with Crippen LogP contribution in [0.1, 0.15) is 53.9 Å². The molecule has 4 nitrogen and oxygen atoms in total. The number of aliphatic hydroxyl groups is 1. The molecule has 0 saturated carbocycles. The molecule has 26 heavy (non-hydrogen) atoms. The Balaban J connectivity index is 1.61. The fourth-order valence-electron chi connectivity index (χ4n) is 3.32. The van der Waals surface area contributed by atoms with Gasteiger partial charge in [-0.3, -0.25) is 4.79 Å². The van der Waals surface area contributed by atoms with E-state index in [0.717, 1.165) is 18.5 Å². The van der Waals surface area contributed by atoms with Crippen LogP contribution in [0.15, 0.2) is 42.5 Å². The van der Waals surface area contributed by atoms with Crippen LogP contribution in [0.25, 0.3) is 0 Å². The standard InChI is InChI=1S/C22H28N2O2/c1-22(2,3)18-8-5-15(6-9-18)21(26)23-14-20(25)17-7-10-19-16(13-17)11-12-24(19)4/h5-10,13,20,25H,11-12,14H2,1-4H3,(H,23,26). The number of carbonyl (C=O) groups excluding carboxylic acids is 1. The summed E-state index contributed by atoms with van der Waals surface area (Å²) >= 11 is 0. The SMILES string of the molecule is CN1CCc2cc(C(O)CNC(=O)c3ccc(C(C)(C)C)cc3)ccc21. The minimum Gasteiger partial charge on any atom is -0.387 e. The second kappa shape index (κ2) is 7.12. The van der Waals surface area contributed by atoms with Gasteiger partial charge >= 0.3 is 0 Å². The fourth-order valence-corrected chi connectivity index (χ4v) is 3.32. The number of fused-ring (bicyclic) bond motifs is 1. The summed E-state index contributed by atoms with van der Waals surface area (Å²) in [6, 6.07) is 13.7. The van der Waals surface area contributed by atoms with Gasteiger partial charge in [0.2, 0.25) is 0 Å². The Hall–Kier alpha value is -2.33. The number of hydrogen-bond acceptors (Lipinski definition) is 3. The summed E-state index contributed by atoms with van der Waals surface area (Å²) in [7, 11) is 2.08. The van der Waals surface area contributed by atoms with Crippen molar-refractivity contribution in [1.82, 2.24) is 5.32 Å². The zero-order chi connectivity index (χ0) is 18.9. The third kappa shape index (κ3) is 3.91. The number of nitrogens with zero attached hydrogens (tertiary/aromatic N) is 1. The lowest BCUT2D eigenvalue weighted by Gasteiger charge is -2.19. The first-order valence-electron chi connectivity index (χ1n) is 9.16. The summed E-state index contributed by atoms with van der Waals surface area (Å²) in [5.41, 5.74) is 5.20. The molecule has 0 spiro atoms. The van der Waals surface area contributed by atoms with Crippen molar-refractivity contribution in [2.45, 2.75) is 38.7 Å². The van der Waals surface area contributed by atoms with Gasteiger partial charge in [0.15, 0.2) is 0 Å². The normalized spacial score (nSPS) is 14.9. The molecule has 0 fully saturated rings. The van der Waals surface area contributed by atoms with Gasteiger partial charge in [-0.05, 0) is 46.7 Å². The van der Waals surface area contributed by atoms with Crippen molar-refractivity contribution in [3.63, 3.8) is 0 Å². The zero-order valence-electron chi connectivity index (χ0n) is 16.0. The minimum atomic E-state index is -0.705. The summed E-state index contributed by atoms with van der Waals surface area (Å²) in [4.78, 5) is 14.6. The average molecular weight is 352 g/mol. The van der Waals surface area contributed by atoms with Crippen LogP contribution in [-0.2, 0) is 11.8 Å². The highest BCUT2D eigenvalue weighted by molar-refractivity contribution is 5.94. The van der Waals surface area contributed by atoms with Crippen LogP contribution in [0.4, 0.5) is 5.69 Å². The first kappa shape index (κ1) is 18.5. The topological polar surface area (TPSA) is 52.6 Å². The van der Waals surface area contributed by atoms with Crippen molar-refractivity contribution in [1.29, 1.82) is 0 Å². The monoisotopic (exact) mass is 352 g/mol. The van der Waals surface area contributed by atoms with Gasteiger partial charge in [0.05, 0.1) is 6.10 Å². The lowest BCUT2D eigenvalue weighted by Crippen LogP contribution is -2.28. The summed E-state index contributed by atoms with van der Waals surface area (Å²) in [6.45, 7) is 7.65. The van der Waals surface area contributed by atoms with Crippen LogP contribution in [0, 0.1) is 0 Å². The highest BCUT2D eigenvalue weighted by Gasteiger charge is 2.19. The molecule has 0 bridgehead atoms. The average Bonchev–Trinajstić information content (AvgIpc) is 2.99. The highest BCUT2D eigenvalue weighted by atomic mass is 16.3. The molecular formula is C22H28N2O2. The van der Waals surface area contributed by atoms with Crippen molar-refractivity contribution >= 4 is 11.6 Å². The maximum absolute atomic E-state index is 12.3. The molecular weight excluding hydrogens is 324 g/mol. The lowest BCUT2D eigenvalue weighted by atomic mass is 9.87. The Morgan fingerprint density at radius 3 is 2.54 bits per heavy atom. The molecule has 2 aromatic rings. The van der Waals surface area contributed by atoms with Crippen LogP contribution in [-0.4, -0.2) is 31.2 Å². The van der Waals surface area contributed by atoms with E-state index in [4.69, 9.17) is 0 Å². The summed E-state index contributed by atoms with van der Waals surface area (Å²) in [5, 5.41) is 13.3. The molecule has 1 atom stereocenters. The van der Waals surface area contributed by atoms with E-state index in [0.29, 0.717) is 5.56 Å². The summed E-state index contributed by atoms with van der Waals surface area (Å²) in [5.74, 6) is -0.162. The third-order valence-electron chi connectivity index (χ3n) is 5.09. The molecule has 4 heteroatoms. The van der Waals surface area contributed by atoms with E-state index >= 15 is 0 Å². The molecule has 0 aliphatic carbocycles. The smallest absolute Gasteiger partial charge is 0.251 e. The van der Waals surface area contributed by atoms with E-state index in [1.165, 1.54) is 16.8 Å². The molecule has 0 radical (unpaired) electrons. The summed E-state index contributed by atoms with van der Waals surface area (Å²) in [6.07, 6.45) is 0.294. The Morgan fingerprint density at radius 2 is 1.88 bits per heavy atom. The van der Waals surface area contributed by atoms with Crippen LogP contribution in [0.3, 0.4) is 0 Å². The molecule has 2 aromatic carbocycles. The van der Waals surface area contributed by atoms with Crippen molar-refractivity contribution in [3.8, 4) is 0 Å². The van der Waals surface area contributed by atoms with Crippen molar-refractivity contribution in [3.05, 3.63) is 64.7 Å². The molecule has 0 aromatic heterocycles. The predicted molar refractivity (Wildman–Crippen MR) is 106 cm³/mol. The molecule has 1 unspecified atom stereocenters. The number of aliphatic hydroxyl groups excluding tert-OH is 1. The van der Waals surface area contributed by atoms with Gasteiger partial charge in [-0.2, -0.15) is 0 Å². The minimum absolute atomic E-state index is 0.0623. The van der Waals surface area contributed by atoms with E-state index in [1.807, 2.05) is 42.5 Å². The number of anilines is 1. The number of likely N-dealkylation sites (N-methyl/N-ethyl adjacent to an activating group) is 1. The molecule has 138 valence electrons. The molecule has 2 N–H and O–H groups in total. The number of benzene rings is 2. The first-order valence-corrected chi connectivity index (χ1v) is 9.16.